The quantitative estimate of drug-likeness (QED) is 0.502. The first kappa shape index (κ1) is 11.0. The minimum Gasteiger partial charge on any atom is -0.422 e. The second-order valence-corrected chi connectivity index (χ2v) is 3.79. The van der Waals surface area contributed by atoms with Crippen LogP contribution in [0.2, 0.25) is 0 Å². The minimum atomic E-state index is -1.00. The highest BCUT2D eigenvalue weighted by molar-refractivity contribution is 5.69. The van der Waals surface area contributed by atoms with Crippen molar-refractivity contribution in [1.29, 1.82) is 0 Å². The van der Waals surface area contributed by atoms with Gasteiger partial charge in [0.2, 0.25) is 0 Å². The van der Waals surface area contributed by atoms with Gasteiger partial charge in [0.1, 0.15) is 0 Å². The molecule has 80 valence electrons. The van der Waals surface area contributed by atoms with Crippen LogP contribution in [0.4, 0.5) is 0 Å². The molecular weight excluding hydrogens is 184 g/mol. The maximum absolute atomic E-state index is 10.9. The SMILES string of the molecule is CC(=O)OC1(OC(C)=O)CCCC1C. The van der Waals surface area contributed by atoms with Crippen molar-refractivity contribution >= 4 is 11.9 Å². The molecule has 1 fully saturated rings. The monoisotopic (exact) mass is 200 g/mol. The largest absolute Gasteiger partial charge is 0.422 e. The lowest BCUT2D eigenvalue weighted by molar-refractivity contribution is -0.236. The number of rotatable bonds is 2. The lowest BCUT2D eigenvalue weighted by Crippen LogP contribution is -2.41. The molecule has 1 unspecified atom stereocenters. The molecule has 0 heterocycles. The van der Waals surface area contributed by atoms with Crippen LogP contribution in [0.1, 0.15) is 40.0 Å². The van der Waals surface area contributed by atoms with Crippen LogP contribution in [0.15, 0.2) is 0 Å². The third-order valence-corrected chi connectivity index (χ3v) is 2.55. The third-order valence-electron chi connectivity index (χ3n) is 2.55. The molecule has 0 bridgehead atoms. The maximum atomic E-state index is 10.9. The molecule has 1 saturated carbocycles. The number of esters is 2. The van der Waals surface area contributed by atoms with Gasteiger partial charge >= 0.3 is 11.9 Å². The molecule has 0 aliphatic heterocycles. The Balaban J connectivity index is 2.77. The summed E-state index contributed by atoms with van der Waals surface area (Å²) in [6.45, 7) is 4.59. The van der Waals surface area contributed by atoms with Gasteiger partial charge in [-0.2, -0.15) is 0 Å². The van der Waals surface area contributed by atoms with Gasteiger partial charge in [0.15, 0.2) is 0 Å². The first-order valence-electron chi connectivity index (χ1n) is 4.85. The van der Waals surface area contributed by atoms with E-state index in [0.717, 1.165) is 12.8 Å². The highest BCUT2D eigenvalue weighted by Crippen LogP contribution is 2.39. The molecule has 4 nitrogen and oxygen atoms in total. The molecule has 0 amide bonds. The van der Waals surface area contributed by atoms with E-state index in [2.05, 4.69) is 0 Å². The Morgan fingerprint density at radius 2 is 1.71 bits per heavy atom. The molecule has 0 spiro atoms. The van der Waals surface area contributed by atoms with Gasteiger partial charge in [-0.05, 0) is 12.8 Å². The zero-order valence-electron chi connectivity index (χ0n) is 8.83. The van der Waals surface area contributed by atoms with Crippen LogP contribution in [0.3, 0.4) is 0 Å². The minimum absolute atomic E-state index is 0.0790. The first-order chi connectivity index (χ1) is 6.46. The molecule has 0 N–H and O–H groups in total. The van der Waals surface area contributed by atoms with Crippen LogP contribution < -0.4 is 0 Å². The Kier molecular flexibility index (Phi) is 3.13. The summed E-state index contributed by atoms with van der Waals surface area (Å²) in [6, 6.07) is 0. The smallest absolute Gasteiger partial charge is 0.305 e. The van der Waals surface area contributed by atoms with E-state index in [1.54, 1.807) is 0 Å². The summed E-state index contributed by atoms with van der Waals surface area (Å²) in [5.74, 6) is -1.73. The average Bonchev–Trinajstić information content (AvgIpc) is 2.29. The van der Waals surface area contributed by atoms with E-state index in [9.17, 15) is 9.59 Å². The Morgan fingerprint density at radius 1 is 1.21 bits per heavy atom. The van der Waals surface area contributed by atoms with Crippen LogP contribution in [-0.2, 0) is 19.1 Å². The van der Waals surface area contributed by atoms with Crippen LogP contribution in [0.5, 0.6) is 0 Å². The van der Waals surface area contributed by atoms with E-state index in [4.69, 9.17) is 9.47 Å². The van der Waals surface area contributed by atoms with E-state index >= 15 is 0 Å². The lowest BCUT2D eigenvalue weighted by Gasteiger charge is -2.31. The number of carbonyl (C=O) groups is 2. The summed E-state index contributed by atoms with van der Waals surface area (Å²) in [5.41, 5.74) is 0. The fourth-order valence-electron chi connectivity index (χ4n) is 1.93. The number of hydrogen-bond acceptors (Lipinski definition) is 4. The molecule has 1 rings (SSSR count). The summed E-state index contributed by atoms with van der Waals surface area (Å²) < 4.78 is 10.3. The zero-order valence-corrected chi connectivity index (χ0v) is 8.83. The predicted octanol–water partition coefficient (Wildman–Crippen LogP) is 1.63. The predicted molar refractivity (Wildman–Crippen MR) is 49.3 cm³/mol. The van der Waals surface area contributed by atoms with Crippen molar-refractivity contribution in [3.05, 3.63) is 0 Å². The van der Waals surface area contributed by atoms with Crippen molar-refractivity contribution < 1.29 is 19.1 Å². The van der Waals surface area contributed by atoms with Crippen LogP contribution >= 0.6 is 0 Å². The fourth-order valence-corrected chi connectivity index (χ4v) is 1.93. The number of carbonyl (C=O) groups excluding carboxylic acids is 2. The molecule has 14 heavy (non-hydrogen) atoms. The fraction of sp³-hybridized carbons (Fsp3) is 0.800. The summed E-state index contributed by atoms with van der Waals surface area (Å²) in [4.78, 5) is 21.8. The Morgan fingerprint density at radius 3 is 2.00 bits per heavy atom. The normalized spacial score (nSPS) is 24.4. The van der Waals surface area contributed by atoms with Crippen molar-refractivity contribution in [1.82, 2.24) is 0 Å². The van der Waals surface area contributed by atoms with Crippen molar-refractivity contribution in [2.75, 3.05) is 0 Å². The van der Waals surface area contributed by atoms with Crippen molar-refractivity contribution in [2.45, 2.75) is 45.8 Å². The number of hydrogen-bond donors (Lipinski definition) is 0. The second kappa shape index (κ2) is 3.98. The van der Waals surface area contributed by atoms with Crippen LogP contribution in [0, 0.1) is 5.92 Å². The molecule has 0 saturated heterocycles. The van der Waals surface area contributed by atoms with Gasteiger partial charge in [-0.25, -0.2) is 0 Å². The van der Waals surface area contributed by atoms with E-state index in [1.807, 2.05) is 6.92 Å². The third kappa shape index (κ3) is 2.25. The van der Waals surface area contributed by atoms with Gasteiger partial charge in [-0.1, -0.05) is 6.92 Å². The second-order valence-electron chi connectivity index (χ2n) is 3.79. The summed E-state index contributed by atoms with van der Waals surface area (Å²) >= 11 is 0. The van der Waals surface area contributed by atoms with Crippen molar-refractivity contribution in [3.63, 3.8) is 0 Å². The Bertz CT molecular complexity index is 231. The molecular formula is C10H16O4. The van der Waals surface area contributed by atoms with Crippen molar-refractivity contribution in [3.8, 4) is 0 Å². The molecule has 0 radical (unpaired) electrons. The summed E-state index contributed by atoms with van der Waals surface area (Å²) in [5, 5.41) is 0. The zero-order chi connectivity index (χ0) is 10.8. The van der Waals surface area contributed by atoms with Gasteiger partial charge in [0.05, 0.1) is 0 Å². The highest BCUT2D eigenvalue weighted by Gasteiger charge is 2.46. The molecule has 0 aromatic carbocycles. The molecule has 0 aromatic heterocycles. The van der Waals surface area contributed by atoms with Gasteiger partial charge in [-0.3, -0.25) is 9.59 Å². The average molecular weight is 200 g/mol. The van der Waals surface area contributed by atoms with Gasteiger partial charge in [0.25, 0.3) is 5.79 Å². The first-order valence-corrected chi connectivity index (χ1v) is 4.85. The van der Waals surface area contributed by atoms with Crippen LogP contribution in [0.25, 0.3) is 0 Å². The van der Waals surface area contributed by atoms with Gasteiger partial charge < -0.3 is 9.47 Å². The lowest BCUT2D eigenvalue weighted by atomic mass is 10.1. The molecule has 1 atom stereocenters. The Hall–Kier alpha value is -1.06. The van der Waals surface area contributed by atoms with E-state index in [-0.39, 0.29) is 5.92 Å². The molecule has 1 aliphatic carbocycles. The number of ether oxygens (including phenoxy) is 2. The summed E-state index contributed by atoms with van der Waals surface area (Å²) in [7, 11) is 0. The topological polar surface area (TPSA) is 52.6 Å². The van der Waals surface area contributed by atoms with E-state index < -0.39 is 17.7 Å². The Labute approximate surface area is 83.6 Å². The van der Waals surface area contributed by atoms with Crippen molar-refractivity contribution in [2.24, 2.45) is 5.92 Å². The van der Waals surface area contributed by atoms with Crippen LogP contribution in [-0.4, -0.2) is 17.7 Å². The standard InChI is InChI=1S/C10H16O4/c1-7-5-4-6-10(7,13-8(2)11)14-9(3)12/h7H,4-6H2,1-3H3. The van der Waals surface area contributed by atoms with Gasteiger partial charge in [-0.15, -0.1) is 0 Å². The van der Waals surface area contributed by atoms with E-state index in [0.29, 0.717) is 6.42 Å². The molecule has 0 aromatic rings. The van der Waals surface area contributed by atoms with E-state index in [1.165, 1.54) is 13.8 Å². The highest BCUT2D eigenvalue weighted by atomic mass is 16.7. The molecule has 1 aliphatic rings. The maximum Gasteiger partial charge on any atom is 0.305 e. The van der Waals surface area contributed by atoms with Gasteiger partial charge in [0, 0.05) is 26.2 Å². The summed E-state index contributed by atoms with van der Waals surface area (Å²) in [6.07, 6.45) is 2.44. The molecule has 4 heteroatoms.